The van der Waals surface area contributed by atoms with Crippen molar-refractivity contribution < 1.29 is 19.7 Å². The van der Waals surface area contributed by atoms with Crippen molar-refractivity contribution in [3.8, 4) is 11.5 Å². The van der Waals surface area contributed by atoms with Crippen molar-refractivity contribution >= 4 is 17.6 Å². The maximum absolute atomic E-state index is 11.5. The number of hydrogen-bond donors (Lipinski definition) is 2. The Morgan fingerprint density at radius 1 is 1.40 bits per heavy atom. The van der Waals surface area contributed by atoms with Crippen molar-refractivity contribution in [3.05, 3.63) is 23.3 Å². The van der Waals surface area contributed by atoms with Crippen molar-refractivity contribution in [1.82, 2.24) is 0 Å². The number of halogens is 1. The van der Waals surface area contributed by atoms with Crippen LogP contribution in [0.4, 0.5) is 0 Å². The molecule has 15 heavy (non-hydrogen) atoms. The SMILES string of the molecule is C[C@H]1OC(=O)c2c(O)cc(O)cc2[C@@H]1Cl. The van der Waals surface area contributed by atoms with Gasteiger partial charge in [-0.1, -0.05) is 0 Å². The predicted molar refractivity (Wildman–Crippen MR) is 53.2 cm³/mol. The predicted octanol–water partition coefficient (Wildman–Crippen LogP) is 1.94. The van der Waals surface area contributed by atoms with Gasteiger partial charge < -0.3 is 14.9 Å². The van der Waals surface area contributed by atoms with Crippen LogP contribution >= 0.6 is 11.6 Å². The van der Waals surface area contributed by atoms with Gasteiger partial charge in [0, 0.05) is 6.07 Å². The molecule has 1 aliphatic rings. The molecule has 1 heterocycles. The highest BCUT2D eigenvalue weighted by Crippen LogP contribution is 2.40. The van der Waals surface area contributed by atoms with E-state index in [0.29, 0.717) is 5.56 Å². The van der Waals surface area contributed by atoms with Gasteiger partial charge in [0.15, 0.2) is 0 Å². The number of fused-ring (bicyclic) bond motifs is 1. The fraction of sp³-hybridized carbons (Fsp3) is 0.300. The lowest BCUT2D eigenvalue weighted by atomic mass is 9.97. The number of phenols is 2. The second-order valence-electron chi connectivity index (χ2n) is 3.44. The summed E-state index contributed by atoms with van der Waals surface area (Å²) < 4.78 is 4.93. The van der Waals surface area contributed by atoms with Crippen LogP contribution in [0.3, 0.4) is 0 Å². The minimum Gasteiger partial charge on any atom is -0.508 e. The Labute approximate surface area is 91.1 Å². The number of hydrogen-bond acceptors (Lipinski definition) is 4. The third-order valence-electron chi connectivity index (χ3n) is 2.34. The summed E-state index contributed by atoms with van der Waals surface area (Å²) >= 11 is 6.01. The molecule has 4 nitrogen and oxygen atoms in total. The lowest BCUT2D eigenvalue weighted by Gasteiger charge is -2.26. The first kappa shape index (κ1) is 10.1. The van der Waals surface area contributed by atoms with Crippen molar-refractivity contribution in [2.75, 3.05) is 0 Å². The number of cyclic esters (lactones) is 1. The molecule has 0 aromatic heterocycles. The van der Waals surface area contributed by atoms with Crippen LogP contribution in [0.15, 0.2) is 12.1 Å². The Morgan fingerprint density at radius 2 is 2.07 bits per heavy atom. The molecular weight excluding hydrogens is 220 g/mol. The van der Waals surface area contributed by atoms with Gasteiger partial charge in [0.25, 0.3) is 0 Å². The van der Waals surface area contributed by atoms with Crippen molar-refractivity contribution in [2.45, 2.75) is 18.4 Å². The molecule has 1 aliphatic heterocycles. The van der Waals surface area contributed by atoms with E-state index in [-0.39, 0.29) is 17.1 Å². The third kappa shape index (κ3) is 1.51. The van der Waals surface area contributed by atoms with E-state index in [9.17, 15) is 15.0 Å². The van der Waals surface area contributed by atoms with E-state index in [2.05, 4.69) is 0 Å². The Kier molecular flexibility index (Phi) is 2.23. The van der Waals surface area contributed by atoms with E-state index >= 15 is 0 Å². The van der Waals surface area contributed by atoms with Gasteiger partial charge in [0.1, 0.15) is 23.2 Å². The normalized spacial score (nSPS) is 24.5. The van der Waals surface area contributed by atoms with Crippen LogP contribution in [-0.4, -0.2) is 22.3 Å². The zero-order valence-electron chi connectivity index (χ0n) is 7.90. The molecule has 1 aromatic carbocycles. The van der Waals surface area contributed by atoms with E-state index in [0.717, 1.165) is 6.07 Å². The van der Waals surface area contributed by atoms with E-state index in [4.69, 9.17) is 16.3 Å². The topological polar surface area (TPSA) is 66.8 Å². The average Bonchev–Trinajstić information content (AvgIpc) is 2.12. The average molecular weight is 229 g/mol. The highest BCUT2D eigenvalue weighted by Gasteiger charge is 2.34. The molecule has 0 unspecified atom stereocenters. The first-order valence-corrected chi connectivity index (χ1v) is 4.85. The molecule has 0 saturated carbocycles. The first-order chi connectivity index (χ1) is 7.00. The van der Waals surface area contributed by atoms with E-state index in [1.165, 1.54) is 6.07 Å². The fourth-order valence-electron chi connectivity index (χ4n) is 1.61. The Hall–Kier alpha value is -1.42. The number of carbonyl (C=O) groups excluding carboxylic acids is 1. The van der Waals surface area contributed by atoms with Crippen LogP contribution in [0, 0.1) is 0 Å². The molecule has 2 N–H and O–H groups in total. The number of phenolic OH excluding ortho intramolecular Hbond substituents is 2. The molecule has 1 aromatic rings. The number of rotatable bonds is 0. The zero-order valence-corrected chi connectivity index (χ0v) is 8.65. The van der Waals surface area contributed by atoms with Crippen LogP contribution in [0.25, 0.3) is 0 Å². The summed E-state index contributed by atoms with van der Waals surface area (Å²) in [6.07, 6.45) is -0.479. The smallest absolute Gasteiger partial charge is 0.342 e. The molecule has 0 amide bonds. The summed E-state index contributed by atoms with van der Waals surface area (Å²) in [5, 5.41) is 18.2. The molecule has 0 radical (unpaired) electrons. The third-order valence-corrected chi connectivity index (χ3v) is 2.93. The molecule has 0 fully saturated rings. The second kappa shape index (κ2) is 3.31. The molecule has 0 bridgehead atoms. The van der Waals surface area contributed by atoms with Gasteiger partial charge in [-0.25, -0.2) is 4.79 Å². The summed E-state index contributed by atoms with van der Waals surface area (Å²) in [4.78, 5) is 11.5. The van der Waals surface area contributed by atoms with Crippen LogP contribution in [0.5, 0.6) is 11.5 Å². The molecule has 0 aliphatic carbocycles. The number of esters is 1. The number of ether oxygens (including phenoxy) is 1. The van der Waals surface area contributed by atoms with Gasteiger partial charge in [-0.05, 0) is 18.6 Å². The van der Waals surface area contributed by atoms with Crippen LogP contribution in [0.1, 0.15) is 28.2 Å². The van der Waals surface area contributed by atoms with Crippen molar-refractivity contribution in [2.24, 2.45) is 0 Å². The molecule has 80 valence electrons. The lowest BCUT2D eigenvalue weighted by Crippen LogP contribution is -2.27. The van der Waals surface area contributed by atoms with Gasteiger partial charge in [-0.2, -0.15) is 0 Å². The lowest BCUT2D eigenvalue weighted by molar-refractivity contribution is 0.0284. The van der Waals surface area contributed by atoms with E-state index in [1.807, 2.05) is 0 Å². The molecule has 0 saturated heterocycles. The summed E-state index contributed by atoms with van der Waals surface area (Å²) in [5.41, 5.74) is 0.434. The summed E-state index contributed by atoms with van der Waals surface area (Å²) in [5.74, 6) is -1.06. The standard InChI is InChI=1S/C10H9ClO4/c1-4-9(11)6-2-5(12)3-7(13)8(6)10(14)15-4/h2-4,9,12-13H,1H3/t4-,9-/m1/s1. The zero-order chi connectivity index (χ0) is 11.2. The van der Waals surface area contributed by atoms with E-state index in [1.54, 1.807) is 6.92 Å². The van der Waals surface area contributed by atoms with Crippen LogP contribution < -0.4 is 0 Å². The summed E-state index contributed by atoms with van der Waals surface area (Å²) in [6, 6.07) is 2.45. The number of carbonyl (C=O) groups is 1. The summed E-state index contributed by atoms with van der Waals surface area (Å²) in [6.45, 7) is 1.65. The minimum atomic E-state index is -0.619. The quantitative estimate of drug-likeness (QED) is 0.526. The Morgan fingerprint density at radius 3 is 2.73 bits per heavy atom. The number of benzene rings is 1. The monoisotopic (exact) mass is 228 g/mol. The number of alkyl halides is 1. The van der Waals surface area contributed by atoms with Crippen molar-refractivity contribution in [1.29, 1.82) is 0 Å². The highest BCUT2D eigenvalue weighted by molar-refractivity contribution is 6.22. The van der Waals surface area contributed by atoms with Crippen LogP contribution in [-0.2, 0) is 4.74 Å². The molecule has 2 atom stereocenters. The maximum atomic E-state index is 11.5. The largest absolute Gasteiger partial charge is 0.508 e. The van der Waals surface area contributed by atoms with Gasteiger partial charge in [0.05, 0.1) is 5.38 Å². The molecule has 5 heteroatoms. The van der Waals surface area contributed by atoms with Crippen molar-refractivity contribution in [3.63, 3.8) is 0 Å². The van der Waals surface area contributed by atoms with Crippen LogP contribution in [0.2, 0.25) is 0 Å². The van der Waals surface area contributed by atoms with Gasteiger partial charge >= 0.3 is 5.97 Å². The highest BCUT2D eigenvalue weighted by atomic mass is 35.5. The Balaban J connectivity index is 2.65. The fourth-order valence-corrected chi connectivity index (χ4v) is 1.84. The Bertz CT molecular complexity index is 430. The van der Waals surface area contributed by atoms with E-state index < -0.39 is 17.5 Å². The second-order valence-corrected chi connectivity index (χ2v) is 3.91. The maximum Gasteiger partial charge on any atom is 0.342 e. The summed E-state index contributed by atoms with van der Waals surface area (Å²) in [7, 11) is 0. The first-order valence-electron chi connectivity index (χ1n) is 4.41. The van der Waals surface area contributed by atoms with Gasteiger partial charge in [-0.15, -0.1) is 11.6 Å². The molecule has 2 rings (SSSR count). The van der Waals surface area contributed by atoms with Gasteiger partial charge in [0.2, 0.25) is 0 Å². The number of aromatic hydroxyl groups is 2. The molecule has 0 spiro atoms. The minimum absolute atomic E-state index is 0.0332. The van der Waals surface area contributed by atoms with Gasteiger partial charge in [-0.3, -0.25) is 0 Å². The molecular formula is C10H9ClO4.